The molecule has 1 aromatic carbocycles. The lowest BCUT2D eigenvalue weighted by molar-refractivity contribution is 0.174. The molecular weight excluding hydrogens is 240 g/mol. The molecule has 0 atom stereocenters. The van der Waals surface area contributed by atoms with E-state index in [9.17, 15) is 0 Å². The van der Waals surface area contributed by atoms with E-state index in [1.807, 2.05) is 30.5 Å². The number of hydrogen-bond acceptors (Lipinski definition) is 4. The third-order valence-corrected chi connectivity index (χ3v) is 3.18. The predicted octanol–water partition coefficient (Wildman–Crippen LogP) is 2.41. The van der Waals surface area contributed by atoms with Crippen LogP contribution in [0.3, 0.4) is 0 Å². The molecule has 1 N–H and O–H groups in total. The second-order valence-electron chi connectivity index (χ2n) is 4.56. The zero-order chi connectivity index (χ0) is 13.1. The molecule has 1 aliphatic heterocycles. The van der Waals surface area contributed by atoms with E-state index in [0.29, 0.717) is 6.79 Å². The smallest absolute Gasteiger partial charge is 0.231 e. The lowest BCUT2D eigenvalue weighted by Gasteiger charge is -2.07. The standard InChI is InChI=1S/C15H16N2O2/c1-11-3-2-6-17-13(11)9-16-8-12-4-5-14-15(7-12)19-10-18-14/h2-7,16H,8-10H2,1H3. The summed E-state index contributed by atoms with van der Waals surface area (Å²) in [5.41, 5.74) is 3.47. The van der Waals surface area contributed by atoms with Gasteiger partial charge in [-0.2, -0.15) is 0 Å². The highest BCUT2D eigenvalue weighted by molar-refractivity contribution is 5.44. The van der Waals surface area contributed by atoms with Crippen LogP contribution in [0.15, 0.2) is 36.5 Å². The minimum absolute atomic E-state index is 0.319. The zero-order valence-electron chi connectivity index (χ0n) is 10.8. The summed E-state index contributed by atoms with van der Waals surface area (Å²) in [5.74, 6) is 1.65. The first kappa shape index (κ1) is 12.0. The van der Waals surface area contributed by atoms with E-state index in [-0.39, 0.29) is 0 Å². The molecule has 1 aliphatic rings. The summed E-state index contributed by atoms with van der Waals surface area (Å²) < 4.78 is 10.7. The van der Waals surface area contributed by atoms with Crippen molar-refractivity contribution in [3.8, 4) is 11.5 Å². The second kappa shape index (κ2) is 5.28. The number of pyridine rings is 1. The van der Waals surface area contributed by atoms with Crippen LogP contribution in [0.5, 0.6) is 11.5 Å². The van der Waals surface area contributed by atoms with Gasteiger partial charge in [0, 0.05) is 19.3 Å². The molecule has 3 rings (SSSR count). The third-order valence-electron chi connectivity index (χ3n) is 3.18. The maximum Gasteiger partial charge on any atom is 0.231 e. The van der Waals surface area contributed by atoms with Crippen molar-refractivity contribution in [3.63, 3.8) is 0 Å². The van der Waals surface area contributed by atoms with Crippen LogP contribution in [-0.4, -0.2) is 11.8 Å². The molecule has 0 radical (unpaired) electrons. The molecule has 4 nitrogen and oxygen atoms in total. The molecule has 0 saturated carbocycles. The van der Waals surface area contributed by atoms with Crippen LogP contribution in [0.2, 0.25) is 0 Å². The van der Waals surface area contributed by atoms with Gasteiger partial charge in [-0.05, 0) is 36.2 Å². The van der Waals surface area contributed by atoms with Gasteiger partial charge in [0.25, 0.3) is 0 Å². The van der Waals surface area contributed by atoms with Crippen molar-refractivity contribution in [2.75, 3.05) is 6.79 Å². The molecule has 0 aliphatic carbocycles. The maximum absolute atomic E-state index is 5.36. The Bertz CT molecular complexity index is 584. The van der Waals surface area contributed by atoms with E-state index in [1.165, 1.54) is 11.1 Å². The highest BCUT2D eigenvalue weighted by atomic mass is 16.7. The van der Waals surface area contributed by atoms with E-state index >= 15 is 0 Å². The molecule has 4 heteroatoms. The van der Waals surface area contributed by atoms with E-state index in [2.05, 4.69) is 23.3 Å². The SMILES string of the molecule is Cc1cccnc1CNCc1ccc2c(c1)OCO2. The van der Waals surface area contributed by atoms with Gasteiger partial charge >= 0.3 is 0 Å². The van der Waals surface area contributed by atoms with Crippen LogP contribution in [0.4, 0.5) is 0 Å². The molecule has 0 amide bonds. The summed E-state index contributed by atoms with van der Waals surface area (Å²) >= 11 is 0. The van der Waals surface area contributed by atoms with Gasteiger partial charge in [-0.3, -0.25) is 4.98 Å². The Morgan fingerprint density at radius 1 is 1.16 bits per heavy atom. The summed E-state index contributed by atoms with van der Waals surface area (Å²) in [6, 6.07) is 10.0. The van der Waals surface area contributed by atoms with Crippen molar-refractivity contribution in [1.29, 1.82) is 0 Å². The summed E-state index contributed by atoms with van der Waals surface area (Å²) in [5, 5.41) is 3.39. The van der Waals surface area contributed by atoms with Gasteiger partial charge in [0.2, 0.25) is 6.79 Å². The third kappa shape index (κ3) is 2.69. The molecule has 2 aromatic rings. The Morgan fingerprint density at radius 2 is 2.05 bits per heavy atom. The van der Waals surface area contributed by atoms with Gasteiger partial charge in [-0.25, -0.2) is 0 Å². The van der Waals surface area contributed by atoms with Crippen LogP contribution < -0.4 is 14.8 Å². The van der Waals surface area contributed by atoms with E-state index in [1.54, 1.807) is 0 Å². The number of nitrogens with zero attached hydrogens (tertiary/aromatic N) is 1. The van der Waals surface area contributed by atoms with Gasteiger partial charge in [-0.15, -0.1) is 0 Å². The van der Waals surface area contributed by atoms with Crippen molar-refractivity contribution in [3.05, 3.63) is 53.3 Å². The average Bonchev–Trinajstić information content (AvgIpc) is 2.88. The first-order valence-corrected chi connectivity index (χ1v) is 6.32. The van der Waals surface area contributed by atoms with Gasteiger partial charge in [0.1, 0.15) is 0 Å². The van der Waals surface area contributed by atoms with Crippen LogP contribution in [0, 0.1) is 6.92 Å². The Balaban J connectivity index is 1.59. The molecule has 0 unspecified atom stereocenters. The topological polar surface area (TPSA) is 43.4 Å². The maximum atomic E-state index is 5.36. The molecule has 0 spiro atoms. The van der Waals surface area contributed by atoms with E-state index < -0.39 is 0 Å². The van der Waals surface area contributed by atoms with Crippen LogP contribution in [0.1, 0.15) is 16.8 Å². The monoisotopic (exact) mass is 256 g/mol. The molecule has 0 saturated heterocycles. The van der Waals surface area contributed by atoms with Crippen LogP contribution in [-0.2, 0) is 13.1 Å². The summed E-state index contributed by atoms with van der Waals surface area (Å²) in [7, 11) is 0. The van der Waals surface area contributed by atoms with E-state index in [0.717, 1.165) is 30.3 Å². The van der Waals surface area contributed by atoms with Crippen molar-refractivity contribution >= 4 is 0 Å². The largest absolute Gasteiger partial charge is 0.454 e. The van der Waals surface area contributed by atoms with Crippen LogP contribution >= 0.6 is 0 Å². The number of aromatic nitrogens is 1. The second-order valence-corrected chi connectivity index (χ2v) is 4.56. The molecule has 1 aromatic heterocycles. The van der Waals surface area contributed by atoms with Crippen molar-refractivity contribution in [2.45, 2.75) is 20.0 Å². The van der Waals surface area contributed by atoms with Gasteiger partial charge < -0.3 is 14.8 Å². The van der Waals surface area contributed by atoms with Crippen LogP contribution in [0.25, 0.3) is 0 Å². The van der Waals surface area contributed by atoms with Crippen molar-refractivity contribution in [1.82, 2.24) is 10.3 Å². The number of benzene rings is 1. The van der Waals surface area contributed by atoms with Gasteiger partial charge in [0.05, 0.1) is 5.69 Å². The predicted molar refractivity (Wildman–Crippen MR) is 72.1 cm³/mol. The molecular formula is C15H16N2O2. The minimum Gasteiger partial charge on any atom is -0.454 e. The first-order valence-electron chi connectivity index (χ1n) is 6.32. The summed E-state index contributed by atoms with van der Waals surface area (Å²) in [6.45, 7) is 3.94. The molecule has 2 heterocycles. The van der Waals surface area contributed by atoms with Crippen molar-refractivity contribution in [2.24, 2.45) is 0 Å². The fourth-order valence-corrected chi connectivity index (χ4v) is 2.08. The average molecular weight is 256 g/mol. The Hall–Kier alpha value is -2.07. The highest BCUT2D eigenvalue weighted by Gasteiger charge is 2.12. The van der Waals surface area contributed by atoms with Gasteiger partial charge in [0.15, 0.2) is 11.5 Å². The molecule has 0 bridgehead atoms. The number of ether oxygens (including phenoxy) is 2. The number of nitrogens with one attached hydrogen (secondary N) is 1. The van der Waals surface area contributed by atoms with Crippen molar-refractivity contribution < 1.29 is 9.47 Å². The fourth-order valence-electron chi connectivity index (χ4n) is 2.08. The minimum atomic E-state index is 0.319. The first-order chi connectivity index (χ1) is 9.33. The Morgan fingerprint density at radius 3 is 2.95 bits per heavy atom. The summed E-state index contributed by atoms with van der Waals surface area (Å²) in [6.07, 6.45) is 1.82. The number of rotatable bonds is 4. The molecule has 98 valence electrons. The lowest BCUT2D eigenvalue weighted by Crippen LogP contribution is -2.14. The molecule has 19 heavy (non-hydrogen) atoms. The number of fused-ring (bicyclic) bond motifs is 1. The summed E-state index contributed by atoms with van der Waals surface area (Å²) in [4.78, 5) is 4.36. The quantitative estimate of drug-likeness (QED) is 0.912. The zero-order valence-corrected chi connectivity index (χ0v) is 10.8. The fraction of sp³-hybridized carbons (Fsp3) is 0.267. The number of hydrogen-bond donors (Lipinski definition) is 1. The molecule has 0 fully saturated rings. The number of aryl methyl sites for hydroxylation is 1. The highest BCUT2D eigenvalue weighted by Crippen LogP contribution is 2.32. The lowest BCUT2D eigenvalue weighted by atomic mass is 10.2. The van der Waals surface area contributed by atoms with E-state index in [4.69, 9.17) is 9.47 Å². The van der Waals surface area contributed by atoms with Gasteiger partial charge in [-0.1, -0.05) is 12.1 Å². The Kier molecular flexibility index (Phi) is 3.33. The normalized spacial score (nSPS) is 12.7. The Labute approximate surface area is 112 Å².